The summed E-state index contributed by atoms with van der Waals surface area (Å²) in [6.45, 7) is 1.57. The molecule has 2 aromatic rings. The molecule has 1 unspecified atom stereocenters. The molecule has 1 aliphatic rings. The molecule has 0 bridgehead atoms. The number of thiophene rings is 1. The summed E-state index contributed by atoms with van der Waals surface area (Å²) in [5, 5.41) is 3.28. The molecule has 3 rings (SSSR count). The molecular weight excluding hydrogens is 284 g/mol. The van der Waals surface area contributed by atoms with E-state index in [4.69, 9.17) is 4.74 Å². The molecule has 1 aromatic heterocycles. The van der Waals surface area contributed by atoms with Crippen LogP contribution >= 0.6 is 11.3 Å². The third kappa shape index (κ3) is 3.00. The lowest BCUT2D eigenvalue weighted by Gasteiger charge is -2.22. The third-order valence-electron chi connectivity index (χ3n) is 3.57. The van der Waals surface area contributed by atoms with Crippen LogP contribution in [0.2, 0.25) is 0 Å². The van der Waals surface area contributed by atoms with E-state index in [2.05, 4.69) is 29.6 Å². The standard InChI is InChI=1S/C16H18N2O2S/c1-20-10-9-18-15(19)11-17-16(18)14-8-7-13(21-14)12-5-3-2-4-6-12/h2-8,16-17H,9-11H2,1H3. The SMILES string of the molecule is COCCN1C(=O)CNC1c1ccc(-c2ccccc2)s1. The van der Waals surface area contributed by atoms with E-state index in [1.54, 1.807) is 18.4 Å². The van der Waals surface area contributed by atoms with Crippen LogP contribution in [-0.2, 0) is 9.53 Å². The highest BCUT2D eigenvalue weighted by molar-refractivity contribution is 7.15. The van der Waals surface area contributed by atoms with Gasteiger partial charge in [-0.2, -0.15) is 0 Å². The Morgan fingerprint density at radius 1 is 1.29 bits per heavy atom. The second-order valence-corrected chi connectivity index (χ2v) is 6.05. The third-order valence-corrected chi connectivity index (χ3v) is 4.76. The molecule has 1 aromatic carbocycles. The van der Waals surface area contributed by atoms with E-state index in [0.29, 0.717) is 19.7 Å². The molecule has 2 heterocycles. The van der Waals surface area contributed by atoms with Gasteiger partial charge in [0.15, 0.2) is 0 Å². The highest BCUT2D eigenvalue weighted by Crippen LogP contribution is 2.33. The summed E-state index contributed by atoms with van der Waals surface area (Å²) in [5.74, 6) is 0.131. The van der Waals surface area contributed by atoms with E-state index in [1.807, 2.05) is 23.1 Å². The first-order valence-corrected chi connectivity index (χ1v) is 7.78. The maximum absolute atomic E-state index is 12.0. The predicted octanol–water partition coefficient (Wildman–Crippen LogP) is 2.49. The molecule has 1 amide bonds. The van der Waals surface area contributed by atoms with Crippen molar-refractivity contribution in [2.75, 3.05) is 26.8 Å². The summed E-state index contributed by atoms with van der Waals surface area (Å²) in [4.78, 5) is 16.2. The number of amides is 1. The summed E-state index contributed by atoms with van der Waals surface area (Å²) < 4.78 is 5.09. The Morgan fingerprint density at radius 3 is 2.86 bits per heavy atom. The molecule has 0 spiro atoms. The zero-order valence-corrected chi connectivity index (χ0v) is 12.7. The number of carbonyl (C=O) groups excluding carboxylic acids is 1. The summed E-state index contributed by atoms with van der Waals surface area (Å²) in [6.07, 6.45) is -0.0323. The van der Waals surface area contributed by atoms with Crippen molar-refractivity contribution in [1.29, 1.82) is 0 Å². The van der Waals surface area contributed by atoms with Crippen LogP contribution in [0.5, 0.6) is 0 Å². The number of benzene rings is 1. The van der Waals surface area contributed by atoms with Crippen molar-refractivity contribution in [3.8, 4) is 10.4 Å². The fourth-order valence-electron chi connectivity index (χ4n) is 2.49. The average Bonchev–Trinajstić information content (AvgIpc) is 3.13. The van der Waals surface area contributed by atoms with Gasteiger partial charge in [-0.1, -0.05) is 30.3 Å². The monoisotopic (exact) mass is 302 g/mol. The van der Waals surface area contributed by atoms with Gasteiger partial charge >= 0.3 is 0 Å². The van der Waals surface area contributed by atoms with Crippen molar-refractivity contribution < 1.29 is 9.53 Å². The Morgan fingerprint density at radius 2 is 2.10 bits per heavy atom. The van der Waals surface area contributed by atoms with Gasteiger partial charge in [0.1, 0.15) is 6.17 Å². The number of methoxy groups -OCH3 is 1. The number of hydrogen-bond acceptors (Lipinski definition) is 4. The normalized spacial score (nSPS) is 18.4. The summed E-state index contributed by atoms with van der Waals surface area (Å²) in [6, 6.07) is 14.5. The maximum atomic E-state index is 12.0. The second kappa shape index (κ2) is 6.39. The number of nitrogens with one attached hydrogen (secondary N) is 1. The fourth-order valence-corrected chi connectivity index (χ4v) is 3.60. The molecule has 1 saturated heterocycles. The Kier molecular flexibility index (Phi) is 4.34. The smallest absolute Gasteiger partial charge is 0.238 e. The quantitative estimate of drug-likeness (QED) is 0.922. The lowest BCUT2D eigenvalue weighted by atomic mass is 10.2. The first kappa shape index (κ1) is 14.3. The maximum Gasteiger partial charge on any atom is 0.238 e. The molecule has 21 heavy (non-hydrogen) atoms. The second-order valence-electron chi connectivity index (χ2n) is 4.93. The minimum absolute atomic E-state index is 0.0323. The van der Waals surface area contributed by atoms with Gasteiger partial charge < -0.3 is 9.64 Å². The van der Waals surface area contributed by atoms with Crippen LogP contribution in [0.1, 0.15) is 11.0 Å². The van der Waals surface area contributed by atoms with Crippen LogP contribution in [-0.4, -0.2) is 37.6 Å². The first-order chi connectivity index (χ1) is 10.3. The van der Waals surface area contributed by atoms with Crippen molar-refractivity contribution >= 4 is 17.2 Å². The number of hydrogen-bond donors (Lipinski definition) is 1. The number of carbonyl (C=O) groups is 1. The molecule has 1 aliphatic heterocycles. The van der Waals surface area contributed by atoms with Crippen LogP contribution in [0.25, 0.3) is 10.4 Å². The van der Waals surface area contributed by atoms with Gasteiger partial charge in [-0.25, -0.2) is 0 Å². The molecule has 0 radical (unpaired) electrons. The van der Waals surface area contributed by atoms with Crippen LogP contribution in [0.15, 0.2) is 42.5 Å². The summed E-state index contributed by atoms with van der Waals surface area (Å²) >= 11 is 1.73. The molecule has 5 heteroatoms. The Bertz CT molecular complexity index is 612. The Labute approximate surface area is 128 Å². The van der Waals surface area contributed by atoms with Crippen molar-refractivity contribution in [2.24, 2.45) is 0 Å². The Hall–Kier alpha value is -1.69. The van der Waals surface area contributed by atoms with Crippen molar-refractivity contribution in [3.63, 3.8) is 0 Å². The molecule has 4 nitrogen and oxygen atoms in total. The first-order valence-electron chi connectivity index (χ1n) is 6.96. The Balaban J connectivity index is 1.80. The van der Waals surface area contributed by atoms with Gasteiger partial charge in [0.2, 0.25) is 5.91 Å². The van der Waals surface area contributed by atoms with Gasteiger partial charge in [-0.15, -0.1) is 11.3 Å². The van der Waals surface area contributed by atoms with Crippen LogP contribution in [0.4, 0.5) is 0 Å². The highest BCUT2D eigenvalue weighted by atomic mass is 32.1. The zero-order valence-electron chi connectivity index (χ0n) is 11.9. The molecular formula is C16H18N2O2S. The predicted molar refractivity (Wildman–Crippen MR) is 84.1 cm³/mol. The van der Waals surface area contributed by atoms with Crippen molar-refractivity contribution in [3.05, 3.63) is 47.3 Å². The van der Waals surface area contributed by atoms with Crippen molar-refractivity contribution in [2.45, 2.75) is 6.17 Å². The topological polar surface area (TPSA) is 41.6 Å². The average molecular weight is 302 g/mol. The van der Waals surface area contributed by atoms with Gasteiger partial charge in [0.25, 0.3) is 0 Å². The van der Waals surface area contributed by atoms with Crippen LogP contribution < -0.4 is 5.32 Å². The summed E-state index contributed by atoms with van der Waals surface area (Å²) in [5.41, 5.74) is 1.21. The lowest BCUT2D eigenvalue weighted by molar-refractivity contribution is -0.128. The van der Waals surface area contributed by atoms with Crippen molar-refractivity contribution in [1.82, 2.24) is 10.2 Å². The molecule has 0 saturated carbocycles. The van der Waals surface area contributed by atoms with E-state index in [1.165, 1.54) is 10.4 Å². The minimum Gasteiger partial charge on any atom is -0.383 e. The van der Waals surface area contributed by atoms with Gasteiger partial charge in [-0.05, 0) is 17.7 Å². The highest BCUT2D eigenvalue weighted by Gasteiger charge is 2.32. The molecule has 1 atom stereocenters. The van der Waals surface area contributed by atoms with E-state index in [0.717, 1.165) is 4.88 Å². The zero-order chi connectivity index (χ0) is 14.7. The van der Waals surface area contributed by atoms with Gasteiger partial charge in [0.05, 0.1) is 13.2 Å². The number of nitrogens with zero attached hydrogens (tertiary/aromatic N) is 1. The van der Waals surface area contributed by atoms with Crippen LogP contribution in [0.3, 0.4) is 0 Å². The fraction of sp³-hybridized carbons (Fsp3) is 0.312. The molecule has 0 aliphatic carbocycles. The molecule has 110 valence electrons. The lowest BCUT2D eigenvalue weighted by Crippen LogP contribution is -2.32. The molecule has 1 N–H and O–H groups in total. The van der Waals surface area contributed by atoms with Crippen LogP contribution in [0, 0.1) is 0 Å². The number of rotatable bonds is 5. The molecule has 1 fully saturated rings. The largest absolute Gasteiger partial charge is 0.383 e. The number of ether oxygens (including phenoxy) is 1. The van der Waals surface area contributed by atoms with Gasteiger partial charge in [0, 0.05) is 23.4 Å². The van der Waals surface area contributed by atoms with Gasteiger partial charge in [-0.3, -0.25) is 10.1 Å². The van der Waals surface area contributed by atoms with E-state index < -0.39 is 0 Å². The van der Waals surface area contributed by atoms with E-state index >= 15 is 0 Å². The van der Waals surface area contributed by atoms with E-state index in [-0.39, 0.29) is 12.1 Å². The minimum atomic E-state index is -0.0323. The summed E-state index contributed by atoms with van der Waals surface area (Å²) in [7, 11) is 1.65. The van der Waals surface area contributed by atoms with E-state index in [9.17, 15) is 4.79 Å².